The third kappa shape index (κ3) is 3.77. The number of piperidine rings is 1. The number of hydrogen-bond donors (Lipinski definition) is 0. The number of thiophene rings is 1. The molecule has 4 aromatic rings. The summed E-state index contributed by atoms with van der Waals surface area (Å²) in [6.45, 7) is 2.08. The van der Waals surface area contributed by atoms with Gasteiger partial charge in [0.1, 0.15) is 10.5 Å². The highest BCUT2D eigenvalue weighted by molar-refractivity contribution is 7.20. The number of carbonyl (C=O) groups excluding carboxylic acids is 1. The second kappa shape index (κ2) is 8.29. The molecule has 0 radical (unpaired) electrons. The molecule has 5 nitrogen and oxygen atoms in total. The predicted molar refractivity (Wildman–Crippen MR) is 127 cm³/mol. The molecule has 0 atom stereocenters. The van der Waals surface area contributed by atoms with E-state index in [0.717, 1.165) is 58.0 Å². The van der Waals surface area contributed by atoms with Crippen molar-refractivity contribution >= 4 is 27.5 Å². The van der Waals surface area contributed by atoms with Crippen LogP contribution in [0.5, 0.6) is 0 Å². The van der Waals surface area contributed by atoms with Crippen molar-refractivity contribution in [2.24, 2.45) is 0 Å². The van der Waals surface area contributed by atoms with Gasteiger partial charge in [0.25, 0.3) is 5.91 Å². The Kier molecular flexibility index (Phi) is 5.34. The lowest BCUT2D eigenvalue weighted by atomic mass is 10.0. The molecule has 0 saturated carbocycles. The molecule has 3 heterocycles. The van der Waals surface area contributed by atoms with Crippen molar-refractivity contribution < 1.29 is 4.79 Å². The molecule has 1 amide bonds. The molecule has 0 spiro atoms. The van der Waals surface area contributed by atoms with E-state index in [1.54, 1.807) is 0 Å². The van der Waals surface area contributed by atoms with Crippen LogP contribution in [0.3, 0.4) is 0 Å². The van der Waals surface area contributed by atoms with Crippen LogP contribution in [0.1, 0.15) is 22.5 Å². The molecule has 1 fully saturated rings. The van der Waals surface area contributed by atoms with Gasteiger partial charge in [0, 0.05) is 24.0 Å². The average molecular weight is 431 g/mol. The monoisotopic (exact) mass is 430 g/mol. The topological polar surface area (TPSA) is 41.4 Å². The van der Waals surface area contributed by atoms with E-state index in [-0.39, 0.29) is 5.91 Å². The highest BCUT2D eigenvalue weighted by Crippen LogP contribution is 2.36. The third-order valence-corrected chi connectivity index (χ3v) is 7.27. The summed E-state index contributed by atoms with van der Waals surface area (Å²) in [6.07, 6.45) is 2.05. The van der Waals surface area contributed by atoms with E-state index >= 15 is 0 Å². The van der Waals surface area contributed by atoms with Crippen LogP contribution >= 0.6 is 11.3 Å². The summed E-state index contributed by atoms with van der Waals surface area (Å²) in [5.74, 6) is 0.106. The minimum Gasteiger partial charge on any atom is -0.338 e. The van der Waals surface area contributed by atoms with Crippen LogP contribution in [0.15, 0.2) is 66.7 Å². The Bertz CT molecular complexity index is 1120. The Labute approximate surface area is 186 Å². The molecule has 1 aliphatic heterocycles. The summed E-state index contributed by atoms with van der Waals surface area (Å²) < 4.78 is 1.97. The quantitative estimate of drug-likeness (QED) is 0.461. The first-order valence-corrected chi connectivity index (χ1v) is 11.5. The van der Waals surface area contributed by atoms with Crippen LogP contribution in [-0.2, 0) is 0 Å². The molecule has 0 bridgehead atoms. The van der Waals surface area contributed by atoms with E-state index in [4.69, 9.17) is 5.10 Å². The van der Waals surface area contributed by atoms with Gasteiger partial charge < -0.3 is 9.80 Å². The molecule has 5 rings (SSSR count). The van der Waals surface area contributed by atoms with Crippen LogP contribution in [0.25, 0.3) is 27.2 Å². The normalized spacial score (nSPS) is 15.4. The lowest BCUT2D eigenvalue weighted by molar-refractivity contribution is 0.0664. The van der Waals surface area contributed by atoms with Gasteiger partial charge >= 0.3 is 0 Å². The number of likely N-dealkylation sites (tertiary alicyclic amines) is 1. The van der Waals surface area contributed by atoms with Gasteiger partial charge in [-0.25, -0.2) is 4.68 Å². The van der Waals surface area contributed by atoms with Crippen molar-refractivity contribution in [2.45, 2.75) is 18.9 Å². The van der Waals surface area contributed by atoms with Crippen molar-refractivity contribution in [3.63, 3.8) is 0 Å². The van der Waals surface area contributed by atoms with E-state index in [0.29, 0.717) is 6.04 Å². The van der Waals surface area contributed by atoms with E-state index < -0.39 is 0 Å². The van der Waals surface area contributed by atoms with Gasteiger partial charge in [-0.3, -0.25) is 4.79 Å². The number of benzene rings is 2. The average Bonchev–Trinajstić information content (AvgIpc) is 3.39. The molecule has 2 aromatic heterocycles. The third-order valence-electron chi connectivity index (χ3n) is 6.17. The minimum atomic E-state index is 0.106. The van der Waals surface area contributed by atoms with Crippen LogP contribution in [0.4, 0.5) is 0 Å². The molecule has 2 aromatic carbocycles. The number of para-hydroxylation sites is 1. The molecule has 0 aliphatic carbocycles. The summed E-state index contributed by atoms with van der Waals surface area (Å²) in [4.78, 5) is 19.4. The Hall–Kier alpha value is -2.96. The Morgan fingerprint density at radius 1 is 1.03 bits per heavy atom. The zero-order valence-electron chi connectivity index (χ0n) is 17.9. The molecule has 6 heteroatoms. The van der Waals surface area contributed by atoms with E-state index in [1.807, 2.05) is 71.2 Å². The predicted octanol–water partition coefficient (Wildman–Crippen LogP) is 4.92. The van der Waals surface area contributed by atoms with Crippen LogP contribution in [0.2, 0.25) is 0 Å². The lowest BCUT2D eigenvalue weighted by Gasteiger charge is -2.34. The van der Waals surface area contributed by atoms with Gasteiger partial charge in [-0.2, -0.15) is 5.10 Å². The maximum Gasteiger partial charge on any atom is 0.264 e. The number of amides is 1. The molecule has 0 unspecified atom stereocenters. The second-order valence-electron chi connectivity index (χ2n) is 8.24. The van der Waals surface area contributed by atoms with E-state index in [9.17, 15) is 4.79 Å². The molecule has 31 heavy (non-hydrogen) atoms. The Balaban J connectivity index is 1.56. The van der Waals surface area contributed by atoms with Gasteiger partial charge in [-0.1, -0.05) is 48.5 Å². The number of fused-ring (bicyclic) bond motifs is 1. The SMILES string of the molecule is CN1CCC(N(C)C(=O)c2cc3c(-c4ccccc4)nn(-c4ccccc4)c3s2)CC1. The second-order valence-corrected chi connectivity index (χ2v) is 9.27. The summed E-state index contributed by atoms with van der Waals surface area (Å²) in [5, 5.41) is 5.96. The zero-order chi connectivity index (χ0) is 21.4. The van der Waals surface area contributed by atoms with E-state index in [2.05, 4.69) is 24.1 Å². The van der Waals surface area contributed by atoms with Gasteiger partial charge in [-0.15, -0.1) is 11.3 Å². The number of hydrogen-bond acceptors (Lipinski definition) is 4. The summed E-state index contributed by atoms with van der Waals surface area (Å²) in [5.41, 5.74) is 2.97. The van der Waals surface area contributed by atoms with Crippen LogP contribution in [-0.4, -0.2) is 58.7 Å². The molecule has 0 N–H and O–H groups in total. The highest BCUT2D eigenvalue weighted by atomic mass is 32.1. The fourth-order valence-electron chi connectivity index (χ4n) is 4.29. The summed E-state index contributed by atoms with van der Waals surface area (Å²) in [7, 11) is 4.09. The van der Waals surface area contributed by atoms with Gasteiger partial charge in [0.15, 0.2) is 0 Å². The largest absolute Gasteiger partial charge is 0.338 e. The van der Waals surface area contributed by atoms with Crippen molar-refractivity contribution in [3.8, 4) is 16.9 Å². The first-order chi connectivity index (χ1) is 15.1. The van der Waals surface area contributed by atoms with Gasteiger partial charge in [-0.05, 0) is 51.2 Å². The minimum absolute atomic E-state index is 0.106. The highest BCUT2D eigenvalue weighted by Gasteiger charge is 2.27. The first-order valence-electron chi connectivity index (χ1n) is 10.7. The number of carbonyl (C=O) groups is 1. The van der Waals surface area contributed by atoms with E-state index in [1.165, 1.54) is 11.3 Å². The molecular formula is C25H26N4OS. The number of nitrogens with zero attached hydrogens (tertiary/aromatic N) is 4. The van der Waals surface area contributed by atoms with Gasteiger partial charge in [0.2, 0.25) is 0 Å². The maximum atomic E-state index is 13.4. The Morgan fingerprint density at radius 3 is 2.35 bits per heavy atom. The zero-order valence-corrected chi connectivity index (χ0v) is 18.7. The smallest absolute Gasteiger partial charge is 0.264 e. The number of rotatable bonds is 4. The summed E-state index contributed by atoms with van der Waals surface area (Å²) in [6, 6.07) is 22.6. The summed E-state index contributed by atoms with van der Waals surface area (Å²) >= 11 is 1.53. The lowest BCUT2D eigenvalue weighted by Crippen LogP contribution is -2.44. The fourth-order valence-corrected chi connectivity index (χ4v) is 5.40. The van der Waals surface area contributed by atoms with Crippen molar-refractivity contribution in [3.05, 3.63) is 71.6 Å². The van der Waals surface area contributed by atoms with Crippen molar-refractivity contribution in [1.29, 1.82) is 0 Å². The van der Waals surface area contributed by atoms with Crippen LogP contribution < -0.4 is 0 Å². The van der Waals surface area contributed by atoms with Crippen molar-refractivity contribution in [1.82, 2.24) is 19.6 Å². The van der Waals surface area contributed by atoms with Crippen LogP contribution in [0, 0.1) is 0 Å². The fraction of sp³-hybridized carbons (Fsp3) is 0.280. The molecule has 1 saturated heterocycles. The molecular weight excluding hydrogens is 404 g/mol. The maximum absolute atomic E-state index is 13.4. The van der Waals surface area contributed by atoms with Gasteiger partial charge in [0.05, 0.1) is 10.6 Å². The Morgan fingerprint density at radius 2 is 1.68 bits per heavy atom. The first kappa shape index (κ1) is 20.0. The van der Waals surface area contributed by atoms with Crippen molar-refractivity contribution in [2.75, 3.05) is 27.2 Å². The molecule has 158 valence electrons. The standard InChI is InChI=1S/C25H26N4OS/c1-27-15-13-19(14-16-27)28(2)24(30)22-17-21-23(18-9-5-3-6-10-18)26-29(25(21)31-22)20-11-7-4-8-12-20/h3-12,17,19H,13-16H2,1-2H3. The number of aromatic nitrogens is 2. The molecule has 1 aliphatic rings.